The van der Waals surface area contributed by atoms with E-state index in [1.807, 2.05) is 30.3 Å². The number of hydrogen-bond donors (Lipinski definition) is 1. The summed E-state index contributed by atoms with van der Waals surface area (Å²) in [6.07, 6.45) is 5.36. The molecule has 106 valence electrons. The molecule has 0 saturated heterocycles. The zero-order valence-electron chi connectivity index (χ0n) is 11.3. The Balaban J connectivity index is 0.00000200. The van der Waals surface area contributed by atoms with Gasteiger partial charge in [0.15, 0.2) is 0 Å². The molecule has 0 amide bonds. The van der Waals surface area contributed by atoms with Crippen molar-refractivity contribution in [2.45, 2.75) is 13.1 Å². The lowest BCUT2D eigenvalue weighted by Gasteiger charge is -2.07. The maximum atomic E-state index is 5.51. The van der Waals surface area contributed by atoms with E-state index in [4.69, 9.17) is 4.74 Å². The zero-order valence-corrected chi connectivity index (χ0v) is 12.1. The number of nitrogens with zero attached hydrogens (tertiary/aromatic N) is 1. The van der Waals surface area contributed by atoms with Gasteiger partial charge < -0.3 is 10.1 Å². The highest BCUT2D eigenvalue weighted by Crippen LogP contribution is 2.13. The molecular formula is C16H19ClN2O. The third-order valence-corrected chi connectivity index (χ3v) is 2.67. The summed E-state index contributed by atoms with van der Waals surface area (Å²) in [6, 6.07) is 12.1. The van der Waals surface area contributed by atoms with Crippen LogP contribution in [0.4, 0.5) is 0 Å². The van der Waals surface area contributed by atoms with Crippen LogP contribution in [0.25, 0.3) is 0 Å². The molecule has 3 nitrogen and oxygen atoms in total. The van der Waals surface area contributed by atoms with Crippen molar-refractivity contribution >= 4 is 12.4 Å². The molecule has 0 spiro atoms. The molecule has 4 heteroatoms. The standard InChI is InChI=1S/C16H18N2O.ClH/c1-2-10-19-16-5-3-4-15(11-16)13-18-12-14-6-8-17-9-7-14;/h2-9,11,18H,1,10,12-13H2;1H. The number of halogens is 1. The molecule has 2 aromatic rings. The van der Waals surface area contributed by atoms with Gasteiger partial charge in [0, 0.05) is 25.5 Å². The van der Waals surface area contributed by atoms with Crippen molar-refractivity contribution in [2.75, 3.05) is 6.61 Å². The Hall–Kier alpha value is -1.84. The van der Waals surface area contributed by atoms with E-state index in [1.54, 1.807) is 18.5 Å². The third-order valence-electron chi connectivity index (χ3n) is 2.67. The van der Waals surface area contributed by atoms with E-state index in [1.165, 1.54) is 11.1 Å². The van der Waals surface area contributed by atoms with Gasteiger partial charge in [-0.25, -0.2) is 0 Å². The SMILES string of the molecule is C=CCOc1cccc(CNCc2ccncc2)c1.Cl. The summed E-state index contributed by atoms with van der Waals surface area (Å²) in [5.74, 6) is 0.878. The van der Waals surface area contributed by atoms with E-state index in [0.29, 0.717) is 6.61 Å². The van der Waals surface area contributed by atoms with Gasteiger partial charge in [-0.2, -0.15) is 0 Å². The van der Waals surface area contributed by atoms with Crippen LogP contribution in [0.2, 0.25) is 0 Å². The van der Waals surface area contributed by atoms with Crippen molar-refractivity contribution in [1.82, 2.24) is 10.3 Å². The van der Waals surface area contributed by atoms with Gasteiger partial charge in [-0.3, -0.25) is 4.98 Å². The monoisotopic (exact) mass is 290 g/mol. The number of aromatic nitrogens is 1. The molecule has 0 radical (unpaired) electrons. The molecule has 20 heavy (non-hydrogen) atoms. The Labute approximate surface area is 126 Å². The molecule has 0 bridgehead atoms. The first-order chi connectivity index (χ1) is 9.38. The molecule has 0 aliphatic rings. The van der Waals surface area contributed by atoms with Crippen molar-refractivity contribution < 1.29 is 4.74 Å². The van der Waals surface area contributed by atoms with Crippen LogP contribution in [0.3, 0.4) is 0 Å². The van der Waals surface area contributed by atoms with Gasteiger partial charge >= 0.3 is 0 Å². The van der Waals surface area contributed by atoms with Crippen molar-refractivity contribution in [1.29, 1.82) is 0 Å². The molecule has 1 aromatic heterocycles. The minimum Gasteiger partial charge on any atom is -0.490 e. The molecule has 1 heterocycles. The predicted molar refractivity (Wildman–Crippen MR) is 84.2 cm³/mol. The Morgan fingerprint density at radius 3 is 2.60 bits per heavy atom. The average molecular weight is 291 g/mol. The van der Waals surface area contributed by atoms with Crippen molar-refractivity contribution in [3.8, 4) is 5.75 Å². The summed E-state index contributed by atoms with van der Waals surface area (Å²) in [6.45, 7) is 5.82. The fourth-order valence-corrected chi connectivity index (χ4v) is 1.75. The summed E-state index contributed by atoms with van der Waals surface area (Å²) in [5.41, 5.74) is 2.43. The summed E-state index contributed by atoms with van der Waals surface area (Å²) >= 11 is 0. The lowest BCUT2D eigenvalue weighted by atomic mass is 10.2. The van der Waals surface area contributed by atoms with Crippen LogP contribution in [0.5, 0.6) is 5.75 Å². The van der Waals surface area contributed by atoms with Gasteiger partial charge in [-0.15, -0.1) is 12.4 Å². The van der Waals surface area contributed by atoms with E-state index < -0.39 is 0 Å². The van der Waals surface area contributed by atoms with Gasteiger partial charge in [0.2, 0.25) is 0 Å². The fourth-order valence-electron chi connectivity index (χ4n) is 1.75. The zero-order chi connectivity index (χ0) is 13.3. The van der Waals surface area contributed by atoms with Crippen LogP contribution in [0.1, 0.15) is 11.1 Å². The average Bonchev–Trinajstić information content (AvgIpc) is 2.47. The van der Waals surface area contributed by atoms with Crippen LogP contribution in [-0.2, 0) is 13.1 Å². The number of rotatable bonds is 7. The number of pyridine rings is 1. The Kier molecular flexibility index (Phi) is 7.40. The van der Waals surface area contributed by atoms with Crippen LogP contribution in [0.15, 0.2) is 61.4 Å². The number of benzene rings is 1. The molecule has 0 saturated carbocycles. The summed E-state index contributed by atoms with van der Waals surface area (Å²) in [5, 5.41) is 3.40. The van der Waals surface area contributed by atoms with Crippen molar-refractivity contribution in [3.63, 3.8) is 0 Å². The first-order valence-corrected chi connectivity index (χ1v) is 6.31. The van der Waals surface area contributed by atoms with Crippen LogP contribution in [-0.4, -0.2) is 11.6 Å². The van der Waals surface area contributed by atoms with Crippen LogP contribution in [0, 0.1) is 0 Å². The predicted octanol–water partition coefficient (Wildman–Crippen LogP) is 3.36. The topological polar surface area (TPSA) is 34.1 Å². The molecule has 0 aliphatic heterocycles. The lowest BCUT2D eigenvalue weighted by molar-refractivity contribution is 0.362. The molecule has 1 N–H and O–H groups in total. The second kappa shape index (κ2) is 9.13. The Bertz CT molecular complexity index is 517. The smallest absolute Gasteiger partial charge is 0.120 e. The van der Waals surface area contributed by atoms with E-state index in [0.717, 1.165) is 18.8 Å². The van der Waals surface area contributed by atoms with E-state index >= 15 is 0 Å². The highest BCUT2D eigenvalue weighted by Gasteiger charge is 1.97. The Morgan fingerprint density at radius 2 is 1.85 bits per heavy atom. The minimum atomic E-state index is 0. The van der Waals surface area contributed by atoms with E-state index in [9.17, 15) is 0 Å². The quantitative estimate of drug-likeness (QED) is 0.794. The first-order valence-electron chi connectivity index (χ1n) is 6.31. The molecule has 1 aromatic carbocycles. The van der Waals surface area contributed by atoms with Crippen molar-refractivity contribution in [2.24, 2.45) is 0 Å². The summed E-state index contributed by atoms with van der Waals surface area (Å²) in [4.78, 5) is 4.00. The molecule has 0 aliphatic carbocycles. The normalized spacial score (nSPS) is 9.60. The maximum absolute atomic E-state index is 5.51. The van der Waals surface area contributed by atoms with E-state index in [-0.39, 0.29) is 12.4 Å². The fraction of sp³-hybridized carbons (Fsp3) is 0.188. The molecule has 0 fully saturated rings. The Morgan fingerprint density at radius 1 is 1.10 bits per heavy atom. The van der Waals surface area contributed by atoms with Crippen LogP contribution < -0.4 is 10.1 Å². The van der Waals surface area contributed by atoms with Crippen molar-refractivity contribution in [3.05, 3.63) is 72.6 Å². The number of nitrogens with one attached hydrogen (secondary N) is 1. The second-order valence-corrected chi connectivity index (χ2v) is 4.21. The molecular weight excluding hydrogens is 272 g/mol. The summed E-state index contributed by atoms with van der Waals surface area (Å²) < 4.78 is 5.51. The van der Waals surface area contributed by atoms with Gasteiger partial charge in [0.25, 0.3) is 0 Å². The minimum absolute atomic E-state index is 0. The second-order valence-electron chi connectivity index (χ2n) is 4.21. The molecule has 0 unspecified atom stereocenters. The largest absolute Gasteiger partial charge is 0.490 e. The number of hydrogen-bond acceptors (Lipinski definition) is 3. The summed E-state index contributed by atoms with van der Waals surface area (Å²) in [7, 11) is 0. The van der Waals surface area contributed by atoms with Gasteiger partial charge in [-0.1, -0.05) is 24.8 Å². The lowest BCUT2D eigenvalue weighted by Crippen LogP contribution is -2.12. The highest BCUT2D eigenvalue weighted by atomic mass is 35.5. The van der Waals surface area contributed by atoms with Gasteiger partial charge in [0.05, 0.1) is 0 Å². The first kappa shape index (κ1) is 16.2. The van der Waals surface area contributed by atoms with Crippen LogP contribution >= 0.6 is 12.4 Å². The highest BCUT2D eigenvalue weighted by molar-refractivity contribution is 5.85. The molecule has 2 rings (SSSR count). The van der Waals surface area contributed by atoms with Gasteiger partial charge in [-0.05, 0) is 35.4 Å². The van der Waals surface area contributed by atoms with E-state index in [2.05, 4.69) is 22.9 Å². The maximum Gasteiger partial charge on any atom is 0.120 e. The molecule has 0 atom stereocenters. The third kappa shape index (κ3) is 5.43. The number of ether oxygens (including phenoxy) is 1. The van der Waals surface area contributed by atoms with Gasteiger partial charge in [0.1, 0.15) is 12.4 Å².